The summed E-state index contributed by atoms with van der Waals surface area (Å²) in [6, 6.07) is 4.10. The number of ether oxygens (including phenoxy) is 2. The van der Waals surface area contributed by atoms with Gasteiger partial charge in [0.2, 0.25) is 0 Å². The second-order valence-electron chi connectivity index (χ2n) is 5.07. The number of carbonyl (C=O) groups excluding carboxylic acids is 1. The van der Waals surface area contributed by atoms with E-state index < -0.39 is 11.6 Å². The molecule has 0 aliphatic carbocycles. The van der Waals surface area contributed by atoms with E-state index in [1.807, 2.05) is 0 Å². The minimum Gasteiger partial charge on any atom is -0.346 e. The average molecular weight is 300 g/mol. The van der Waals surface area contributed by atoms with Gasteiger partial charge in [0.15, 0.2) is 5.79 Å². The van der Waals surface area contributed by atoms with Crippen molar-refractivity contribution in [2.24, 2.45) is 0 Å². The van der Waals surface area contributed by atoms with E-state index in [1.165, 1.54) is 18.2 Å². The van der Waals surface area contributed by atoms with Gasteiger partial charge in [-0.05, 0) is 24.6 Å². The van der Waals surface area contributed by atoms with E-state index in [4.69, 9.17) is 21.1 Å². The Kier molecular flexibility index (Phi) is 3.67. The predicted octanol–water partition coefficient (Wildman–Crippen LogP) is 2.46. The van der Waals surface area contributed by atoms with Crippen LogP contribution in [0.1, 0.15) is 23.2 Å². The number of rotatable bonds is 1. The highest BCUT2D eigenvalue weighted by Crippen LogP contribution is 2.31. The largest absolute Gasteiger partial charge is 0.346 e. The molecule has 3 rings (SSSR count). The molecule has 0 atom stereocenters. The number of hydrogen-bond acceptors (Lipinski definition) is 3. The minimum absolute atomic E-state index is 0.0131. The highest BCUT2D eigenvalue weighted by Gasteiger charge is 2.42. The van der Waals surface area contributed by atoms with Crippen molar-refractivity contribution < 1.29 is 18.7 Å². The molecule has 6 heteroatoms. The molecule has 2 fully saturated rings. The Bertz CT molecular complexity index is 531. The maximum Gasteiger partial charge on any atom is 0.254 e. The summed E-state index contributed by atoms with van der Waals surface area (Å²) in [5, 5.41) is 0.0131. The quantitative estimate of drug-likeness (QED) is 0.799. The topological polar surface area (TPSA) is 38.8 Å². The van der Waals surface area contributed by atoms with E-state index in [2.05, 4.69) is 0 Å². The van der Waals surface area contributed by atoms with Gasteiger partial charge in [0.25, 0.3) is 5.91 Å². The second-order valence-corrected chi connectivity index (χ2v) is 5.47. The zero-order chi connectivity index (χ0) is 14.2. The van der Waals surface area contributed by atoms with Crippen LogP contribution in [-0.2, 0) is 9.47 Å². The summed E-state index contributed by atoms with van der Waals surface area (Å²) in [6.45, 7) is 2.11. The number of piperidine rings is 1. The van der Waals surface area contributed by atoms with Crippen molar-refractivity contribution in [3.63, 3.8) is 0 Å². The lowest BCUT2D eigenvalue weighted by atomic mass is 10.0. The SMILES string of the molecule is O=C(c1ccc(Cl)c(F)c1)N1CCCC2(C1)OCCO2. The van der Waals surface area contributed by atoms with Crippen LogP contribution in [0.5, 0.6) is 0 Å². The van der Waals surface area contributed by atoms with Crippen molar-refractivity contribution in [1.29, 1.82) is 0 Å². The Balaban J connectivity index is 1.77. The van der Waals surface area contributed by atoms with E-state index in [1.54, 1.807) is 4.90 Å². The zero-order valence-electron chi connectivity index (χ0n) is 10.9. The summed E-state index contributed by atoms with van der Waals surface area (Å²) in [5.41, 5.74) is 0.293. The zero-order valence-corrected chi connectivity index (χ0v) is 11.7. The number of hydrogen-bond donors (Lipinski definition) is 0. The summed E-state index contributed by atoms with van der Waals surface area (Å²) < 4.78 is 24.7. The molecule has 0 saturated carbocycles. The predicted molar refractivity (Wildman–Crippen MR) is 71.2 cm³/mol. The summed E-state index contributed by atoms with van der Waals surface area (Å²) >= 11 is 5.63. The normalized spacial score (nSPS) is 21.4. The van der Waals surface area contributed by atoms with Crippen LogP contribution in [0.15, 0.2) is 18.2 Å². The molecule has 1 amide bonds. The molecule has 2 heterocycles. The number of amides is 1. The van der Waals surface area contributed by atoms with Crippen molar-refractivity contribution >= 4 is 17.5 Å². The van der Waals surface area contributed by atoms with Crippen LogP contribution in [0, 0.1) is 5.82 Å². The molecule has 108 valence electrons. The summed E-state index contributed by atoms with van der Waals surface area (Å²) in [5.74, 6) is -1.48. The minimum atomic E-state index is -0.668. The fourth-order valence-corrected chi connectivity index (χ4v) is 2.82. The third kappa shape index (κ3) is 2.53. The van der Waals surface area contributed by atoms with Crippen LogP contribution in [0.4, 0.5) is 4.39 Å². The maximum absolute atomic E-state index is 13.4. The lowest BCUT2D eigenvalue weighted by molar-refractivity contribution is -0.183. The van der Waals surface area contributed by atoms with Gasteiger partial charge in [-0.1, -0.05) is 11.6 Å². The highest BCUT2D eigenvalue weighted by atomic mass is 35.5. The van der Waals surface area contributed by atoms with E-state index in [-0.39, 0.29) is 10.9 Å². The van der Waals surface area contributed by atoms with E-state index in [0.717, 1.165) is 12.8 Å². The number of carbonyl (C=O) groups is 1. The van der Waals surface area contributed by atoms with Gasteiger partial charge in [-0.25, -0.2) is 4.39 Å². The van der Waals surface area contributed by atoms with E-state index in [9.17, 15) is 9.18 Å². The summed E-state index contributed by atoms with van der Waals surface area (Å²) in [4.78, 5) is 14.1. The van der Waals surface area contributed by atoms with Gasteiger partial charge in [-0.3, -0.25) is 4.79 Å². The monoisotopic (exact) mass is 299 g/mol. The smallest absolute Gasteiger partial charge is 0.254 e. The van der Waals surface area contributed by atoms with Crippen molar-refractivity contribution in [2.45, 2.75) is 18.6 Å². The Labute approximate surface area is 121 Å². The highest BCUT2D eigenvalue weighted by molar-refractivity contribution is 6.30. The average Bonchev–Trinajstić information content (AvgIpc) is 2.89. The fourth-order valence-electron chi connectivity index (χ4n) is 2.71. The van der Waals surface area contributed by atoms with Crippen molar-refractivity contribution in [1.82, 2.24) is 4.90 Å². The Morgan fingerprint density at radius 3 is 2.80 bits per heavy atom. The number of nitrogens with zero attached hydrogens (tertiary/aromatic N) is 1. The summed E-state index contributed by atoms with van der Waals surface area (Å²) in [6.07, 6.45) is 1.59. The molecule has 2 aliphatic heterocycles. The van der Waals surface area contributed by atoms with Gasteiger partial charge in [-0.15, -0.1) is 0 Å². The van der Waals surface area contributed by atoms with Crippen LogP contribution >= 0.6 is 11.6 Å². The lowest BCUT2D eigenvalue weighted by Gasteiger charge is -2.38. The Morgan fingerprint density at radius 1 is 1.35 bits per heavy atom. The molecule has 0 unspecified atom stereocenters. The molecule has 0 radical (unpaired) electrons. The van der Waals surface area contributed by atoms with Crippen LogP contribution < -0.4 is 0 Å². The standard InChI is InChI=1S/C14H15ClFNO3/c15-11-3-2-10(8-12(11)16)13(18)17-5-1-4-14(9-17)19-6-7-20-14/h2-3,8H,1,4-7,9H2. The number of benzene rings is 1. The Morgan fingerprint density at radius 2 is 2.10 bits per heavy atom. The molecule has 20 heavy (non-hydrogen) atoms. The molecule has 0 aromatic heterocycles. The lowest BCUT2D eigenvalue weighted by Crippen LogP contribution is -2.51. The third-order valence-corrected chi connectivity index (χ3v) is 3.99. The van der Waals surface area contributed by atoms with Crippen molar-refractivity contribution in [3.8, 4) is 0 Å². The van der Waals surface area contributed by atoms with Gasteiger partial charge in [0.05, 0.1) is 24.8 Å². The van der Waals surface area contributed by atoms with Crippen molar-refractivity contribution in [2.75, 3.05) is 26.3 Å². The molecule has 1 spiro atoms. The fraction of sp³-hybridized carbons (Fsp3) is 0.500. The van der Waals surface area contributed by atoms with Crippen LogP contribution in [-0.4, -0.2) is 42.9 Å². The third-order valence-electron chi connectivity index (χ3n) is 3.68. The second kappa shape index (κ2) is 5.31. The molecular formula is C14H15ClFNO3. The Hall–Kier alpha value is -1.17. The van der Waals surface area contributed by atoms with Crippen LogP contribution in [0.2, 0.25) is 5.02 Å². The van der Waals surface area contributed by atoms with Gasteiger partial charge >= 0.3 is 0 Å². The molecule has 0 N–H and O–H groups in total. The number of likely N-dealkylation sites (tertiary alicyclic amines) is 1. The van der Waals surface area contributed by atoms with Crippen molar-refractivity contribution in [3.05, 3.63) is 34.6 Å². The molecule has 1 aromatic rings. The first-order valence-electron chi connectivity index (χ1n) is 6.62. The first kappa shape index (κ1) is 13.8. The first-order valence-corrected chi connectivity index (χ1v) is 7.00. The summed E-state index contributed by atoms with van der Waals surface area (Å²) in [7, 11) is 0. The first-order chi connectivity index (χ1) is 9.60. The van der Waals surface area contributed by atoms with Gasteiger partial charge < -0.3 is 14.4 Å². The van der Waals surface area contributed by atoms with Crippen LogP contribution in [0.3, 0.4) is 0 Å². The number of halogens is 2. The molecule has 2 aliphatic rings. The van der Waals surface area contributed by atoms with E-state index in [0.29, 0.717) is 31.9 Å². The molecular weight excluding hydrogens is 285 g/mol. The maximum atomic E-state index is 13.4. The van der Waals surface area contributed by atoms with Gasteiger partial charge in [-0.2, -0.15) is 0 Å². The molecule has 0 bridgehead atoms. The van der Waals surface area contributed by atoms with Crippen LogP contribution in [0.25, 0.3) is 0 Å². The molecule has 4 nitrogen and oxygen atoms in total. The van der Waals surface area contributed by atoms with Gasteiger partial charge in [0, 0.05) is 18.5 Å². The van der Waals surface area contributed by atoms with Gasteiger partial charge in [0.1, 0.15) is 5.82 Å². The van der Waals surface area contributed by atoms with E-state index >= 15 is 0 Å². The molecule has 2 saturated heterocycles. The molecule has 1 aromatic carbocycles.